The van der Waals surface area contributed by atoms with Crippen LogP contribution in [0.2, 0.25) is 0 Å². The standard InChI is InChI=1S/C22H26N2O5/c1-3-28-18-7-5-6-16(14-18)21(25)23-19-15-17(22(26)29-4-2)8-9-20(19)24-10-12-27-13-11-24/h5-9,14-15H,3-4,10-13H2,1-2H3,(H,23,25). The summed E-state index contributed by atoms with van der Waals surface area (Å²) in [5, 5.41) is 2.95. The van der Waals surface area contributed by atoms with Crippen molar-refractivity contribution in [2.24, 2.45) is 0 Å². The Bertz CT molecular complexity index is 862. The molecule has 0 radical (unpaired) electrons. The van der Waals surface area contributed by atoms with Crippen LogP contribution in [-0.2, 0) is 9.47 Å². The number of rotatable bonds is 7. The van der Waals surface area contributed by atoms with E-state index in [1.54, 1.807) is 43.3 Å². The zero-order valence-electron chi connectivity index (χ0n) is 16.8. The van der Waals surface area contributed by atoms with E-state index in [2.05, 4.69) is 10.2 Å². The minimum atomic E-state index is -0.421. The number of ether oxygens (including phenoxy) is 3. The SMILES string of the molecule is CCOC(=O)c1ccc(N2CCOCC2)c(NC(=O)c2cccc(OCC)c2)c1. The zero-order chi connectivity index (χ0) is 20.6. The van der Waals surface area contributed by atoms with Gasteiger partial charge in [0.1, 0.15) is 5.75 Å². The Balaban J connectivity index is 1.89. The van der Waals surface area contributed by atoms with Crippen LogP contribution in [0.1, 0.15) is 34.6 Å². The predicted octanol–water partition coefficient (Wildman–Crippen LogP) is 3.35. The van der Waals surface area contributed by atoms with E-state index in [9.17, 15) is 9.59 Å². The Morgan fingerprint density at radius 2 is 1.83 bits per heavy atom. The maximum atomic E-state index is 12.9. The maximum absolute atomic E-state index is 12.9. The highest BCUT2D eigenvalue weighted by Crippen LogP contribution is 2.29. The molecule has 7 nitrogen and oxygen atoms in total. The molecule has 7 heteroatoms. The Labute approximate surface area is 170 Å². The topological polar surface area (TPSA) is 77.1 Å². The third-order valence-electron chi connectivity index (χ3n) is 4.51. The van der Waals surface area contributed by atoms with E-state index in [1.165, 1.54) is 0 Å². The molecule has 154 valence electrons. The van der Waals surface area contributed by atoms with E-state index in [0.717, 1.165) is 5.69 Å². The van der Waals surface area contributed by atoms with Gasteiger partial charge in [-0.3, -0.25) is 4.79 Å². The van der Waals surface area contributed by atoms with Crippen LogP contribution < -0.4 is 15.0 Å². The number of carbonyl (C=O) groups excluding carboxylic acids is 2. The van der Waals surface area contributed by atoms with Crippen LogP contribution in [0.25, 0.3) is 0 Å². The fourth-order valence-corrected chi connectivity index (χ4v) is 3.15. The molecule has 3 rings (SSSR count). The molecule has 0 unspecified atom stereocenters. The van der Waals surface area contributed by atoms with Gasteiger partial charge in [0, 0.05) is 18.7 Å². The van der Waals surface area contributed by atoms with Gasteiger partial charge in [0.05, 0.1) is 43.4 Å². The molecule has 1 fully saturated rings. The molecular weight excluding hydrogens is 372 g/mol. The van der Waals surface area contributed by atoms with Gasteiger partial charge >= 0.3 is 5.97 Å². The quantitative estimate of drug-likeness (QED) is 0.721. The predicted molar refractivity (Wildman–Crippen MR) is 111 cm³/mol. The summed E-state index contributed by atoms with van der Waals surface area (Å²) in [4.78, 5) is 27.2. The van der Waals surface area contributed by atoms with E-state index < -0.39 is 5.97 Å². The third kappa shape index (κ3) is 5.26. The number of benzene rings is 2. The van der Waals surface area contributed by atoms with Crippen molar-refractivity contribution in [2.75, 3.05) is 49.7 Å². The first-order valence-corrected chi connectivity index (χ1v) is 9.80. The molecule has 1 heterocycles. The van der Waals surface area contributed by atoms with Crippen molar-refractivity contribution in [2.45, 2.75) is 13.8 Å². The van der Waals surface area contributed by atoms with E-state index in [0.29, 0.717) is 55.5 Å². The van der Waals surface area contributed by atoms with Crippen molar-refractivity contribution < 1.29 is 23.8 Å². The van der Waals surface area contributed by atoms with Crippen LogP contribution in [0.3, 0.4) is 0 Å². The number of morpholine rings is 1. The molecule has 29 heavy (non-hydrogen) atoms. The fraction of sp³-hybridized carbons (Fsp3) is 0.364. The van der Waals surface area contributed by atoms with Gasteiger partial charge in [0.15, 0.2) is 0 Å². The largest absolute Gasteiger partial charge is 0.494 e. The molecule has 0 aromatic heterocycles. The summed E-state index contributed by atoms with van der Waals surface area (Å²) in [7, 11) is 0. The summed E-state index contributed by atoms with van der Waals surface area (Å²) in [6.07, 6.45) is 0. The minimum absolute atomic E-state index is 0.276. The number of nitrogens with zero attached hydrogens (tertiary/aromatic N) is 1. The van der Waals surface area contributed by atoms with Gasteiger partial charge in [-0.05, 0) is 50.2 Å². The molecule has 1 N–H and O–H groups in total. The van der Waals surface area contributed by atoms with Gasteiger partial charge in [-0.2, -0.15) is 0 Å². The van der Waals surface area contributed by atoms with Crippen molar-refractivity contribution in [1.29, 1.82) is 0 Å². The van der Waals surface area contributed by atoms with Crippen molar-refractivity contribution in [3.63, 3.8) is 0 Å². The maximum Gasteiger partial charge on any atom is 0.338 e. The summed E-state index contributed by atoms with van der Waals surface area (Å²) >= 11 is 0. The zero-order valence-corrected chi connectivity index (χ0v) is 16.8. The van der Waals surface area contributed by atoms with Crippen molar-refractivity contribution in [3.05, 3.63) is 53.6 Å². The number of anilines is 2. The molecule has 0 saturated carbocycles. The molecule has 0 aliphatic carbocycles. The molecule has 0 bridgehead atoms. The van der Waals surface area contributed by atoms with Gasteiger partial charge in [-0.15, -0.1) is 0 Å². The lowest BCUT2D eigenvalue weighted by atomic mass is 10.1. The van der Waals surface area contributed by atoms with E-state index in [4.69, 9.17) is 14.2 Å². The molecule has 0 atom stereocenters. The van der Waals surface area contributed by atoms with E-state index in [-0.39, 0.29) is 12.5 Å². The number of hydrogen-bond donors (Lipinski definition) is 1. The second-order valence-electron chi connectivity index (χ2n) is 6.47. The Kier molecular flexibility index (Phi) is 7.08. The van der Waals surface area contributed by atoms with Gasteiger partial charge in [-0.1, -0.05) is 6.07 Å². The van der Waals surface area contributed by atoms with Gasteiger partial charge < -0.3 is 24.4 Å². The van der Waals surface area contributed by atoms with Crippen LogP contribution >= 0.6 is 0 Å². The molecule has 1 amide bonds. The number of hydrogen-bond acceptors (Lipinski definition) is 6. The summed E-state index contributed by atoms with van der Waals surface area (Å²) in [5.74, 6) is -0.0641. The Morgan fingerprint density at radius 1 is 1.03 bits per heavy atom. The van der Waals surface area contributed by atoms with Crippen molar-refractivity contribution >= 4 is 23.3 Å². The highest BCUT2D eigenvalue weighted by Gasteiger charge is 2.19. The fourth-order valence-electron chi connectivity index (χ4n) is 3.15. The number of esters is 1. The van der Waals surface area contributed by atoms with Crippen molar-refractivity contribution in [3.8, 4) is 5.75 Å². The number of carbonyl (C=O) groups is 2. The molecule has 1 saturated heterocycles. The average molecular weight is 398 g/mol. The lowest BCUT2D eigenvalue weighted by Crippen LogP contribution is -2.36. The molecule has 1 aliphatic heterocycles. The second-order valence-corrected chi connectivity index (χ2v) is 6.47. The summed E-state index contributed by atoms with van der Waals surface area (Å²) in [6.45, 7) is 7.11. The molecule has 0 spiro atoms. The van der Waals surface area contributed by atoms with Gasteiger partial charge in [-0.25, -0.2) is 4.79 Å². The highest BCUT2D eigenvalue weighted by atomic mass is 16.5. The summed E-state index contributed by atoms with van der Waals surface area (Å²) < 4.78 is 16.0. The monoisotopic (exact) mass is 398 g/mol. The molecule has 2 aromatic carbocycles. The Morgan fingerprint density at radius 3 is 2.55 bits per heavy atom. The van der Waals surface area contributed by atoms with Crippen LogP contribution in [0.15, 0.2) is 42.5 Å². The normalized spacial score (nSPS) is 13.7. The highest BCUT2D eigenvalue weighted by molar-refractivity contribution is 6.07. The molecule has 1 aliphatic rings. The van der Waals surface area contributed by atoms with Gasteiger partial charge in [0.2, 0.25) is 0 Å². The van der Waals surface area contributed by atoms with Crippen LogP contribution in [-0.4, -0.2) is 51.4 Å². The second kappa shape index (κ2) is 9.93. The van der Waals surface area contributed by atoms with Crippen LogP contribution in [0.4, 0.5) is 11.4 Å². The van der Waals surface area contributed by atoms with Crippen LogP contribution in [0, 0.1) is 0 Å². The van der Waals surface area contributed by atoms with Crippen molar-refractivity contribution in [1.82, 2.24) is 0 Å². The summed E-state index contributed by atoms with van der Waals surface area (Å²) in [5.41, 5.74) is 2.27. The average Bonchev–Trinajstić information content (AvgIpc) is 2.75. The first-order valence-electron chi connectivity index (χ1n) is 9.80. The first-order chi connectivity index (χ1) is 14.1. The molecular formula is C22H26N2O5. The lowest BCUT2D eigenvalue weighted by molar-refractivity contribution is 0.0526. The minimum Gasteiger partial charge on any atom is -0.494 e. The Hall–Kier alpha value is -3.06. The number of amides is 1. The smallest absolute Gasteiger partial charge is 0.338 e. The van der Waals surface area contributed by atoms with E-state index >= 15 is 0 Å². The molecule has 2 aromatic rings. The summed E-state index contributed by atoms with van der Waals surface area (Å²) in [6, 6.07) is 12.2. The third-order valence-corrected chi connectivity index (χ3v) is 4.51. The lowest BCUT2D eigenvalue weighted by Gasteiger charge is -2.30. The van der Waals surface area contributed by atoms with Crippen LogP contribution in [0.5, 0.6) is 5.75 Å². The first kappa shape index (κ1) is 20.7. The number of nitrogens with one attached hydrogen (secondary N) is 1. The van der Waals surface area contributed by atoms with E-state index in [1.807, 2.05) is 13.0 Å². The van der Waals surface area contributed by atoms with Gasteiger partial charge in [0.25, 0.3) is 5.91 Å².